The molecule has 1 aliphatic rings. The third-order valence-electron chi connectivity index (χ3n) is 3.40. The minimum absolute atomic E-state index is 0.00761. The number of nitrogens with one attached hydrogen (secondary N) is 2. The molecule has 2 heterocycles. The maximum atomic E-state index is 12.0. The highest BCUT2D eigenvalue weighted by atomic mass is 16.3. The minimum Gasteiger partial charge on any atom is -0.464 e. The number of fused-ring (bicyclic) bond motifs is 1. The van der Waals surface area contributed by atoms with Crippen molar-refractivity contribution in [2.75, 3.05) is 26.2 Å². The van der Waals surface area contributed by atoms with E-state index in [4.69, 9.17) is 4.42 Å². The molecule has 5 nitrogen and oxygen atoms in total. The van der Waals surface area contributed by atoms with Crippen LogP contribution in [0.4, 0.5) is 4.79 Å². The Bertz CT molecular complexity index is 573. The summed E-state index contributed by atoms with van der Waals surface area (Å²) < 4.78 is 5.45. The van der Waals surface area contributed by atoms with Crippen LogP contribution in [0.1, 0.15) is 5.56 Å². The van der Waals surface area contributed by atoms with E-state index in [2.05, 4.69) is 10.6 Å². The maximum absolute atomic E-state index is 12.0. The predicted molar refractivity (Wildman–Crippen MR) is 72.9 cm³/mol. The fourth-order valence-corrected chi connectivity index (χ4v) is 2.32. The van der Waals surface area contributed by atoms with Gasteiger partial charge >= 0.3 is 6.03 Å². The smallest absolute Gasteiger partial charge is 0.317 e. The molecular weight excluding hydrogens is 242 g/mol. The van der Waals surface area contributed by atoms with Crippen LogP contribution in [0.15, 0.2) is 34.9 Å². The van der Waals surface area contributed by atoms with Gasteiger partial charge in [0.25, 0.3) is 0 Å². The number of nitrogens with zero attached hydrogens (tertiary/aromatic N) is 1. The zero-order valence-electron chi connectivity index (χ0n) is 10.7. The first-order valence-corrected chi connectivity index (χ1v) is 6.53. The van der Waals surface area contributed by atoms with Crippen molar-refractivity contribution in [3.05, 3.63) is 36.1 Å². The van der Waals surface area contributed by atoms with Crippen LogP contribution in [-0.4, -0.2) is 37.1 Å². The molecule has 0 unspecified atom stereocenters. The van der Waals surface area contributed by atoms with Crippen LogP contribution in [0.2, 0.25) is 0 Å². The van der Waals surface area contributed by atoms with Gasteiger partial charge in [-0.15, -0.1) is 0 Å². The SMILES string of the molecule is O=C(NCc1coc2ccccc12)N1CCNCC1. The van der Waals surface area contributed by atoms with E-state index in [0.29, 0.717) is 6.54 Å². The third-order valence-corrected chi connectivity index (χ3v) is 3.40. The average Bonchev–Trinajstić information content (AvgIpc) is 2.89. The lowest BCUT2D eigenvalue weighted by atomic mass is 10.2. The van der Waals surface area contributed by atoms with Gasteiger partial charge in [-0.25, -0.2) is 4.79 Å². The van der Waals surface area contributed by atoms with Crippen LogP contribution in [0.3, 0.4) is 0 Å². The Kier molecular flexibility index (Phi) is 3.37. The molecule has 0 atom stereocenters. The monoisotopic (exact) mass is 259 g/mol. The Morgan fingerprint density at radius 2 is 2.11 bits per heavy atom. The molecule has 1 aliphatic heterocycles. The van der Waals surface area contributed by atoms with E-state index in [-0.39, 0.29) is 6.03 Å². The quantitative estimate of drug-likeness (QED) is 0.860. The first-order chi connectivity index (χ1) is 9.34. The van der Waals surface area contributed by atoms with Crippen LogP contribution >= 0.6 is 0 Å². The lowest BCUT2D eigenvalue weighted by molar-refractivity contribution is 0.190. The van der Waals surface area contributed by atoms with Crippen molar-refractivity contribution >= 4 is 17.0 Å². The van der Waals surface area contributed by atoms with Gasteiger partial charge < -0.3 is 20.0 Å². The summed E-state index contributed by atoms with van der Waals surface area (Å²) in [5, 5.41) is 7.23. The van der Waals surface area contributed by atoms with Gasteiger partial charge in [-0.2, -0.15) is 0 Å². The number of carbonyl (C=O) groups is 1. The Labute approximate surface area is 111 Å². The molecule has 2 amide bonds. The molecule has 2 N–H and O–H groups in total. The molecule has 5 heteroatoms. The van der Waals surface area contributed by atoms with Crippen molar-refractivity contribution in [3.63, 3.8) is 0 Å². The van der Waals surface area contributed by atoms with Crippen molar-refractivity contribution < 1.29 is 9.21 Å². The van der Waals surface area contributed by atoms with E-state index in [1.165, 1.54) is 0 Å². The van der Waals surface area contributed by atoms with E-state index in [0.717, 1.165) is 42.7 Å². The molecule has 1 aromatic carbocycles. The van der Waals surface area contributed by atoms with Gasteiger partial charge in [-0.05, 0) is 6.07 Å². The second-order valence-corrected chi connectivity index (χ2v) is 4.65. The molecule has 1 fully saturated rings. The van der Waals surface area contributed by atoms with E-state index in [1.807, 2.05) is 29.2 Å². The maximum Gasteiger partial charge on any atom is 0.317 e. The largest absolute Gasteiger partial charge is 0.464 e. The molecule has 0 saturated carbocycles. The lowest BCUT2D eigenvalue weighted by Gasteiger charge is -2.27. The molecular formula is C14H17N3O2. The van der Waals surface area contributed by atoms with Gasteiger partial charge in [0.2, 0.25) is 0 Å². The second kappa shape index (κ2) is 5.32. The van der Waals surface area contributed by atoms with Crippen LogP contribution in [0.5, 0.6) is 0 Å². The first-order valence-electron chi connectivity index (χ1n) is 6.53. The number of carbonyl (C=O) groups excluding carboxylic acids is 1. The Morgan fingerprint density at radius 3 is 2.95 bits per heavy atom. The summed E-state index contributed by atoms with van der Waals surface area (Å²) in [6.07, 6.45) is 1.71. The minimum atomic E-state index is -0.00761. The Balaban J connectivity index is 1.64. The van der Waals surface area contributed by atoms with Crippen LogP contribution in [-0.2, 0) is 6.54 Å². The summed E-state index contributed by atoms with van der Waals surface area (Å²) in [5.41, 5.74) is 1.87. The van der Waals surface area contributed by atoms with Gasteiger partial charge in [0.15, 0.2) is 0 Å². The number of rotatable bonds is 2. The number of urea groups is 1. The van der Waals surface area contributed by atoms with Crippen molar-refractivity contribution in [2.24, 2.45) is 0 Å². The van der Waals surface area contributed by atoms with Crippen molar-refractivity contribution in [2.45, 2.75) is 6.54 Å². The van der Waals surface area contributed by atoms with Crippen molar-refractivity contribution in [3.8, 4) is 0 Å². The summed E-state index contributed by atoms with van der Waals surface area (Å²) in [7, 11) is 0. The second-order valence-electron chi connectivity index (χ2n) is 4.65. The molecule has 100 valence electrons. The number of para-hydroxylation sites is 1. The summed E-state index contributed by atoms with van der Waals surface area (Å²) in [5.74, 6) is 0. The molecule has 0 spiro atoms. The molecule has 19 heavy (non-hydrogen) atoms. The van der Waals surface area contributed by atoms with Crippen LogP contribution in [0.25, 0.3) is 11.0 Å². The normalized spacial score (nSPS) is 15.7. The number of piperazine rings is 1. The molecule has 3 rings (SSSR count). The summed E-state index contributed by atoms with van der Waals surface area (Å²) >= 11 is 0. The zero-order chi connectivity index (χ0) is 13.1. The van der Waals surface area contributed by atoms with E-state index in [1.54, 1.807) is 6.26 Å². The molecule has 1 saturated heterocycles. The number of hydrogen-bond donors (Lipinski definition) is 2. The average molecular weight is 259 g/mol. The summed E-state index contributed by atoms with van der Waals surface area (Å²) in [6, 6.07) is 7.84. The number of furan rings is 1. The van der Waals surface area contributed by atoms with E-state index < -0.39 is 0 Å². The molecule has 1 aromatic heterocycles. The number of benzene rings is 1. The van der Waals surface area contributed by atoms with Gasteiger partial charge in [-0.3, -0.25) is 0 Å². The molecule has 0 bridgehead atoms. The first kappa shape index (κ1) is 12.0. The fourth-order valence-electron chi connectivity index (χ4n) is 2.32. The molecule has 0 aliphatic carbocycles. The predicted octanol–water partition coefficient (Wildman–Crippen LogP) is 1.55. The summed E-state index contributed by atoms with van der Waals surface area (Å²) in [6.45, 7) is 3.75. The fraction of sp³-hybridized carbons (Fsp3) is 0.357. The van der Waals surface area contributed by atoms with Gasteiger partial charge in [-0.1, -0.05) is 18.2 Å². The molecule has 0 radical (unpaired) electrons. The highest BCUT2D eigenvalue weighted by Gasteiger charge is 2.16. The van der Waals surface area contributed by atoms with Crippen molar-refractivity contribution in [1.29, 1.82) is 0 Å². The Morgan fingerprint density at radius 1 is 1.32 bits per heavy atom. The third kappa shape index (κ3) is 2.56. The zero-order valence-corrected chi connectivity index (χ0v) is 10.7. The summed E-state index contributed by atoms with van der Waals surface area (Å²) in [4.78, 5) is 13.8. The van der Waals surface area contributed by atoms with Gasteiger partial charge in [0.05, 0.1) is 6.26 Å². The van der Waals surface area contributed by atoms with Crippen LogP contribution < -0.4 is 10.6 Å². The molecule has 2 aromatic rings. The van der Waals surface area contributed by atoms with Gasteiger partial charge in [0.1, 0.15) is 5.58 Å². The van der Waals surface area contributed by atoms with Crippen molar-refractivity contribution in [1.82, 2.24) is 15.5 Å². The van der Waals surface area contributed by atoms with Crippen LogP contribution in [0, 0.1) is 0 Å². The number of hydrogen-bond acceptors (Lipinski definition) is 3. The highest BCUT2D eigenvalue weighted by Crippen LogP contribution is 2.20. The topological polar surface area (TPSA) is 57.5 Å². The van der Waals surface area contributed by atoms with Gasteiger partial charge in [0, 0.05) is 43.7 Å². The highest BCUT2D eigenvalue weighted by molar-refractivity contribution is 5.81. The Hall–Kier alpha value is -2.01. The number of amides is 2. The standard InChI is InChI=1S/C14H17N3O2/c18-14(17-7-5-15-6-8-17)16-9-11-10-19-13-4-2-1-3-12(11)13/h1-4,10,15H,5-9H2,(H,16,18). The lowest BCUT2D eigenvalue weighted by Crippen LogP contribution is -2.50. The van der Waals surface area contributed by atoms with E-state index in [9.17, 15) is 4.79 Å². The van der Waals surface area contributed by atoms with E-state index >= 15 is 0 Å².